The van der Waals surface area contributed by atoms with Crippen LogP contribution in [0.5, 0.6) is 0 Å². The van der Waals surface area contributed by atoms with Gasteiger partial charge in [0.25, 0.3) is 0 Å². The van der Waals surface area contributed by atoms with Crippen molar-refractivity contribution in [2.24, 2.45) is 0 Å². The molecule has 0 aromatic rings. The van der Waals surface area contributed by atoms with Gasteiger partial charge in [0.05, 0.1) is 19.8 Å². The Balaban J connectivity index is 4.86. The molecular weight excluding hydrogens is 1020 g/mol. The van der Waals surface area contributed by atoms with Gasteiger partial charge in [0.15, 0.2) is 6.10 Å². The molecule has 80 heavy (non-hydrogen) atoms. The molecule has 0 bridgehead atoms. The van der Waals surface area contributed by atoms with Crippen molar-refractivity contribution in [3.63, 3.8) is 0 Å². The molecule has 3 unspecified atom stereocenters. The van der Waals surface area contributed by atoms with Crippen molar-refractivity contribution in [1.29, 1.82) is 0 Å². The van der Waals surface area contributed by atoms with Gasteiger partial charge in [0.1, 0.15) is 12.7 Å². The zero-order chi connectivity index (χ0) is 58.3. The van der Waals surface area contributed by atoms with E-state index in [9.17, 15) is 28.9 Å². The van der Waals surface area contributed by atoms with Crippen LogP contribution in [0.3, 0.4) is 0 Å². The lowest BCUT2D eigenvalue weighted by Gasteiger charge is -2.21. The Kier molecular flexibility index (Phi) is 56.9. The van der Waals surface area contributed by atoms with Crippen LogP contribution in [0.2, 0.25) is 0 Å². The largest absolute Gasteiger partial charge is 0.472 e. The van der Waals surface area contributed by atoms with E-state index in [1.165, 1.54) is 25.7 Å². The Labute approximate surface area is 486 Å². The van der Waals surface area contributed by atoms with Crippen LogP contribution in [0.1, 0.15) is 226 Å². The number of unbranched alkanes of at least 4 members (excludes halogenated alkanes) is 14. The molecule has 0 fully saturated rings. The Morgan fingerprint density at radius 3 is 1.05 bits per heavy atom. The van der Waals surface area contributed by atoms with Crippen molar-refractivity contribution in [3.05, 3.63) is 146 Å². The number of rotatable bonds is 55. The zero-order valence-corrected chi connectivity index (χ0v) is 50.9. The highest BCUT2D eigenvalue weighted by Gasteiger charge is 2.28. The molecule has 3 atom stereocenters. The average Bonchev–Trinajstić information content (AvgIpc) is 3.45. The Hall–Kier alpha value is -4.64. The number of aliphatic hydroxyl groups excluding tert-OH is 1. The van der Waals surface area contributed by atoms with Gasteiger partial charge >= 0.3 is 25.7 Å². The van der Waals surface area contributed by atoms with Crippen LogP contribution in [-0.2, 0) is 42.2 Å². The van der Waals surface area contributed by atoms with Gasteiger partial charge in [-0.15, -0.1) is 0 Å². The first kappa shape index (κ1) is 75.4. The van der Waals surface area contributed by atoms with Crippen LogP contribution in [0.4, 0.5) is 0 Å². The summed E-state index contributed by atoms with van der Waals surface area (Å²) in [5.74, 6) is -1.59. The third kappa shape index (κ3) is 58.0. The molecule has 0 aliphatic heterocycles. The summed E-state index contributed by atoms with van der Waals surface area (Å²) in [5, 5.41) is 9.84. The molecule has 0 aromatic carbocycles. The number of phosphoric ester groups is 1. The molecule has 0 aliphatic carbocycles. The standard InChI is InChI=1S/C68H109O11P/c1-4-7-10-13-16-19-22-25-28-31-32-35-36-39-42-45-48-51-54-57-66(70)75-61-65(79-68(72)59-56-53-50-47-44-41-38-34-30-27-24-21-18-15-12-9-6-3)63-77-80(73,74)76-62-64(60-69)78-67(71)58-55-52-49-46-43-40-37-33-29-26-23-20-17-14-11-8-5-2/h8-9,11-12,16-21,25-30,32,35,37-38,40-41,47,50,64-65,69H,4-7,10,13-15,22-24,31,33-34,36,39,42-46,48-49,51-63H2,1-3H3,(H,73,74)/b11-8-,12-9-,19-16-,20-17-,21-18-,28-25-,29-26-,30-27-,35-32-,40-37-,41-38-,50-47-. The minimum atomic E-state index is -4.79. The Bertz CT molecular complexity index is 1900. The van der Waals surface area contributed by atoms with Gasteiger partial charge < -0.3 is 24.2 Å². The van der Waals surface area contributed by atoms with E-state index >= 15 is 0 Å². The number of hydrogen-bond acceptors (Lipinski definition) is 10. The van der Waals surface area contributed by atoms with Crippen LogP contribution in [0.25, 0.3) is 0 Å². The van der Waals surface area contributed by atoms with Crippen LogP contribution in [-0.4, -0.2) is 66.5 Å². The lowest BCUT2D eigenvalue weighted by Crippen LogP contribution is -2.30. The lowest BCUT2D eigenvalue weighted by molar-refractivity contribution is -0.161. The van der Waals surface area contributed by atoms with E-state index in [4.69, 9.17) is 23.3 Å². The summed E-state index contributed by atoms with van der Waals surface area (Å²) < 4.78 is 39.5. The first-order valence-corrected chi connectivity index (χ1v) is 32.2. The molecule has 0 amide bonds. The molecule has 0 aromatic heterocycles. The highest BCUT2D eigenvalue weighted by Crippen LogP contribution is 2.43. The Morgan fingerprint density at radius 2 is 0.662 bits per heavy atom. The summed E-state index contributed by atoms with van der Waals surface area (Å²) in [6, 6.07) is 0. The van der Waals surface area contributed by atoms with Crippen LogP contribution in [0.15, 0.2) is 146 Å². The molecule has 452 valence electrons. The molecule has 11 nitrogen and oxygen atoms in total. The van der Waals surface area contributed by atoms with Crippen molar-refractivity contribution in [2.75, 3.05) is 26.4 Å². The van der Waals surface area contributed by atoms with Gasteiger partial charge in [0, 0.05) is 19.3 Å². The summed E-state index contributed by atoms with van der Waals surface area (Å²) in [6.07, 6.45) is 78.0. The quantitative estimate of drug-likeness (QED) is 0.0197. The molecule has 0 radical (unpaired) electrons. The van der Waals surface area contributed by atoms with Crippen molar-refractivity contribution < 1.29 is 52.2 Å². The van der Waals surface area contributed by atoms with E-state index in [-0.39, 0.29) is 25.9 Å². The minimum absolute atomic E-state index is 0.0760. The number of ether oxygens (including phenoxy) is 3. The van der Waals surface area contributed by atoms with Gasteiger partial charge in [-0.2, -0.15) is 0 Å². The number of aliphatic hydroxyl groups is 1. The normalized spacial score (nSPS) is 14.3. The second-order valence-corrected chi connectivity index (χ2v) is 21.2. The van der Waals surface area contributed by atoms with Gasteiger partial charge in [-0.3, -0.25) is 23.4 Å². The molecule has 0 rings (SSSR count). The average molecular weight is 1130 g/mol. The SMILES string of the molecule is CC/C=C\C/C=C\C/C=C\C/C=C\C/C=C\CCCC(=O)OC(COC(=O)CCCCCCCC/C=C\C/C=C\C/C=C\CCCCC)COP(=O)(O)OCC(CO)OC(=O)CCCCCC/C=C\C/C=C\C/C=C\C/C=C\CC. The van der Waals surface area contributed by atoms with Gasteiger partial charge in [-0.05, 0) is 135 Å². The fraction of sp³-hybridized carbons (Fsp3) is 0.603. The van der Waals surface area contributed by atoms with Crippen molar-refractivity contribution in [1.82, 2.24) is 0 Å². The van der Waals surface area contributed by atoms with E-state index in [1.807, 2.05) is 12.2 Å². The topological polar surface area (TPSA) is 155 Å². The van der Waals surface area contributed by atoms with Gasteiger partial charge in [-0.1, -0.05) is 218 Å². The molecule has 12 heteroatoms. The summed E-state index contributed by atoms with van der Waals surface area (Å²) in [5.41, 5.74) is 0. The van der Waals surface area contributed by atoms with E-state index in [2.05, 4.69) is 154 Å². The summed E-state index contributed by atoms with van der Waals surface area (Å²) >= 11 is 0. The number of esters is 3. The second kappa shape index (κ2) is 60.5. The maximum Gasteiger partial charge on any atom is 0.472 e. The fourth-order valence-corrected chi connectivity index (χ4v) is 8.41. The first-order chi connectivity index (χ1) is 39.2. The summed E-state index contributed by atoms with van der Waals surface area (Å²) in [6.45, 7) is 4.27. The van der Waals surface area contributed by atoms with Gasteiger partial charge in [-0.25, -0.2) is 4.57 Å². The zero-order valence-electron chi connectivity index (χ0n) is 50.0. The minimum Gasteiger partial charge on any atom is -0.462 e. The second-order valence-electron chi connectivity index (χ2n) is 19.7. The fourth-order valence-electron chi connectivity index (χ4n) is 7.62. The smallest absolute Gasteiger partial charge is 0.462 e. The third-order valence-corrected chi connectivity index (χ3v) is 13.2. The van der Waals surface area contributed by atoms with Crippen molar-refractivity contribution >= 4 is 25.7 Å². The van der Waals surface area contributed by atoms with E-state index < -0.39 is 57.8 Å². The number of hydrogen-bond donors (Lipinski definition) is 2. The highest BCUT2D eigenvalue weighted by molar-refractivity contribution is 7.47. The van der Waals surface area contributed by atoms with Crippen molar-refractivity contribution in [2.45, 2.75) is 238 Å². The predicted octanol–water partition coefficient (Wildman–Crippen LogP) is 18.7. The van der Waals surface area contributed by atoms with Gasteiger partial charge in [0.2, 0.25) is 0 Å². The molecule has 0 saturated heterocycles. The maximum atomic E-state index is 12.9. The van der Waals surface area contributed by atoms with Crippen molar-refractivity contribution in [3.8, 4) is 0 Å². The van der Waals surface area contributed by atoms with Crippen LogP contribution in [0, 0.1) is 0 Å². The van der Waals surface area contributed by atoms with Crippen LogP contribution >= 0.6 is 7.82 Å². The first-order valence-electron chi connectivity index (χ1n) is 30.7. The number of carbonyl (C=O) groups excluding carboxylic acids is 3. The summed E-state index contributed by atoms with van der Waals surface area (Å²) in [4.78, 5) is 48.7. The van der Waals surface area contributed by atoms with E-state index in [0.29, 0.717) is 25.7 Å². The molecule has 0 saturated carbocycles. The molecule has 0 aliphatic rings. The third-order valence-electron chi connectivity index (χ3n) is 12.2. The number of allylic oxidation sites excluding steroid dienone is 24. The molecule has 0 spiro atoms. The number of phosphoric acid groups is 1. The number of carbonyl (C=O) groups is 3. The van der Waals surface area contributed by atoms with E-state index in [0.717, 1.165) is 135 Å². The summed E-state index contributed by atoms with van der Waals surface area (Å²) in [7, 11) is -4.79. The Morgan fingerprint density at radius 1 is 0.362 bits per heavy atom. The lowest BCUT2D eigenvalue weighted by atomic mass is 10.1. The molecule has 0 heterocycles. The maximum absolute atomic E-state index is 12.9. The highest BCUT2D eigenvalue weighted by atomic mass is 31.2. The van der Waals surface area contributed by atoms with Crippen LogP contribution < -0.4 is 0 Å². The molecular formula is C68H109O11P. The predicted molar refractivity (Wildman–Crippen MR) is 334 cm³/mol. The van der Waals surface area contributed by atoms with E-state index in [1.54, 1.807) is 0 Å². The molecule has 2 N–H and O–H groups in total. The monoisotopic (exact) mass is 1130 g/mol.